The SMILES string of the molecule is C#CC(C)(C)[C@H]1CCN2C(=O)[C@@H](NC(=O)C3CC3)C(C)(C)CCOC(=O)[C@@H]3CC(C[C@@H](C#N)NC(=O)[C@H]12)C(=O)N3. The van der Waals surface area contributed by atoms with Crippen molar-refractivity contribution in [3.05, 3.63) is 0 Å². The van der Waals surface area contributed by atoms with Gasteiger partial charge in [-0.1, -0.05) is 13.8 Å². The summed E-state index contributed by atoms with van der Waals surface area (Å²) in [6.45, 7) is 7.53. The molecule has 0 aromatic heterocycles. The van der Waals surface area contributed by atoms with Crippen molar-refractivity contribution in [3.63, 3.8) is 0 Å². The van der Waals surface area contributed by atoms with Crippen LogP contribution in [0.2, 0.25) is 0 Å². The van der Waals surface area contributed by atoms with Crippen LogP contribution in [0.15, 0.2) is 0 Å². The van der Waals surface area contributed by atoms with E-state index in [9.17, 15) is 29.2 Å². The second-order valence-electron chi connectivity index (χ2n) is 12.8. The molecule has 4 rings (SSSR count). The van der Waals surface area contributed by atoms with Gasteiger partial charge in [-0.2, -0.15) is 5.26 Å². The monoisotopic (exact) mass is 553 g/mol. The molecular weight excluding hydrogens is 514 g/mol. The van der Waals surface area contributed by atoms with Crippen molar-refractivity contribution in [2.24, 2.45) is 28.6 Å². The molecule has 216 valence electrons. The highest BCUT2D eigenvalue weighted by atomic mass is 16.5. The van der Waals surface area contributed by atoms with Crippen molar-refractivity contribution in [2.75, 3.05) is 13.2 Å². The van der Waals surface area contributed by atoms with Crippen LogP contribution in [0.4, 0.5) is 0 Å². The van der Waals surface area contributed by atoms with Crippen molar-refractivity contribution < 1.29 is 28.7 Å². The molecule has 3 heterocycles. The van der Waals surface area contributed by atoms with E-state index in [1.807, 2.05) is 33.8 Å². The van der Waals surface area contributed by atoms with E-state index in [-0.39, 0.29) is 50.1 Å². The second kappa shape index (κ2) is 11.1. The molecule has 3 saturated heterocycles. The summed E-state index contributed by atoms with van der Waals surface area (Å²) in [4.78, 5) is 67.8. The molecule has 11 heteroatoms. The standard InChI is InChI=1S/C29H39N5O6/c1-6-28(2,3)19-9-11-34-21(19)25(37)31-18(15-30)13-17-14-20(32-24(17)36)27(39)40-12-10-29(4,5)22(26(34)38)33-23(35)16-7-8-16/h1,16-22H,7-14H2,2-5H3,(H,31,37)(H,32,36)(H,33,35)/t17?,18-,19-,20-,21-,22+/m0/s1. The van der Waals surface area contributed by atoms with Crippen molar-refractivity contribution in [1.29, 1.82) is 5.26 Å². The first-order valence-corrected chi connectivity index (χ1v) is 14.0. The Morgan fingerprint density at radius 1 is 1.12 bits per heavy atom. The van der Waals surface area contributed by atoms with Crippen LogP contribution in [-0.4, -0.2) is 71.8 Å². The molecule has 1 aliphatic carbocycles. The fourth-order valence-corrected chi connectivity index (χ4v) is 6.03. The van der Waals surface area contributed by atoms with Crippen molar-refractivity contribution >= 4 is 29.6 Å². The molecule has 11 nitrogen and oxygen atoms in total. The Balaban J connectivity index is 1.72. The lowest BCUT2D eigenvalue weighted by Gasteiger charge is -2.39. The topological polar surface area (TPSA) is 158 Å². The molecule has 6 atom stereocenters. The first-order valence-electron chi connectivity index (χ1n) is 14.0. The zero-order chi connectivity index (χ0) is 29.4. The maximum atomic E-state index is 14.2. The molecule has 4 fully saturated rings. The average molecular weight is 554 g/mol. The number of nitriles is 1. The van der Waals surface area contributed by atoms with Gasteiger partial charge in [-0.15, -0.1) is 12.3 Å². The van der Waals surface area contributed by atoms with Crippen LogP contribution in [0.5, 0.6) is 0 Å². The molecule has 3 aliphatic heterocycles. The van der Waals surface area contributed by atoms with E-state index in [4.69, 9.17) is 11.2 Å². The van der Waals surface area contributed by atoms with Crippen LogP contribution in [-0.2, 0) is 28.7 Å². The molecule has 3 N–H and O–H groups in total. The number of hydrogen-bond acceptors (Lipinski definition) is 7. The van der Waals surface area contributed by atoms with Gasteiger partial charge in [0.15, 0.2) is 0 Å². The van der Waals surface area contributed by atoms with Gasteiger partial charge in [0.25, 0.3) is 0 Å². The molecule has 1 saturated carbocycles. The van der Waals surface area contributed by atoms with Crippen LogP contribution in [0.3, 0.4) is 0 Å². The predicted molar refractivity (Wildman–Crippen MR) is 142 cm³/mol. The van der Waals surface area contributed by atoms with Crippen molar-refractivity contribution in [3.8, 4) is 18.4 Å². The van der Waals surface area contributed by atoms with Crippen molar-refractivity contribution in [1.82, 2.24) is 20.9 Å². The van der Waals surface area contributed by atoms with Crippen LogP contribution in [0.25, 0.3) is 0 Å². The van der Waals surface area contributed by atoms with E-state index < -0.39 is 64.6 Å². The molecule has 4 aliphatic rings. The Morgan fingerprint density at radius 2 is 1.82 bits per heavy atom. The maximum absolute atomic E-state index is 14.2. The van der Waals surface area contributed by atoms with Gasteiger partial charge in [0.1, 0.15) is 24.2 Å². The minimum Gasteiger partial charge on any atom is -0.464 e. The molecule has 2 bridgehead atoms. The summed E-state index contributed by atoms with van der Waals surface area (Å²) in [6, 6.07) is -1.80. The Hall–Kier alpha value is -3.60. The quantitative estimate of drug-likeness (QED) is 0.342. The van der Waals surface area contributed by atoms with E-state index in [1.165, 1.54) is 4.90 Å². The number of nitrogens with one attached hydrogen (secondary N) is 3. The highest BCUT2D eigenvalue weighted by Crippen LogP contribution is 2.41. The molecule has 0 aromatic carbocycles. The Morgan fingerprint density at radius 3 is 2.45 bits per heavy atom. The van der Waals surface area contributed by atoms with Crippen LogP contribution in [0, 0.1) is 52.3 Å². The van der Waals surface area contributed by atoms with Gasteiger partial charge in [0, 0.05) is 29.7 Å². The molecule has 4 amide bonds. The summed E-state index contributed by atoms with van der Waals surface area (Å²) in [6.07, 6.45) is 8.23. The number of ether oxygens (including phenoxy) is 1. The summed E-state index contributed by atoms with van der Waals surface area (Å²) in [5.41, 5.74) is -1.59. The third-order valence-corrected chi connectivity index (χ3v) is 8.99. The van der Waals surface area contributed by atoms with Gasteiger partial charge < -0.3 is 25.6 Å². The Labute approximate surface area is 235 Å². The first kappa shape index (κ1) is 29.4. The number of nitrogens with zero attached hydrogens (tertiary/aromatic N) is 2. The maximum Gasteiger partial charge on any atom is 0.328 e. The van der Waals surface area contributed by atoms with E-state index in [0.717, 1.165) is 12.8 Å². The van der Waals surface area contributed by atoms with Gasteiger partial charge in [-0.25, -0.2) is 4.79 Å². The summed E-state index contributed by atoms with van der Waals surface area (Å²) in [7, 11) is 0. The van der Waals surface area contributed by atoms with Gasteiger partial charge >= 0.3 is 5.97 Å². The van der Waals surface area contributed by atoms with Crippen LogP contribution < -0.4 is 16.0 Å². The first-order chi connectivity index (χ1) is 18.8. The predicted octanol–water partition coefficient (Wildman–Crippen LogP) is 0.634. The summed E-state index contributed by atoms with van der Waals surface area (Å²) in [5, 5.41) is 18.1. The third kappa shape index (κ3) is 5.94. The highest BCUT2D eigenvalue weighted by molar-refractivity contribution is 5.94. The van der Waals surface area contributed by atoms with Crippen LogP contribution >= 0.6 is 0 Å². The lowest BCUT2D eigenvalue weighted by atomic mass is 9.74. The molecular formula is C29H39N5O6. The molecule has 40 heavy (non-hydrogen) atoms. The van der Waals surface area contributed by atoms with E-state index in [2.05, 4.69) is 21.9 Å². The van der Waals surface area contributed by atoms with E-state index in [0.29, 0.717) is 6.42 Å². The molecule has 0 spiro atoms. The zero-order valence-electron chi connectivity index (χ0n) is 23.6. The normalized spacial score (nSPS) is 33.1. The minimum absolute atomic E-state index is 0.00875. The largest absolute Gasteiger partial charge is 0.464 e. The lowest BCUT2D eigenvalue weighted by molar-refractivity contribution is -0.149. The van der Waals surface area contributed by atoms with Gasteiger partial charge in [-0.05, 0) is 57.8 Å². The second-order valence-corrected chi connectivity index (χ2v) is 12.8. The Bertz CT molecular complexity index is 1160. The molecule has 0 aromatic rings. The fourth-order valence-electron chi connectivity index (χ4n) is 6.03. The minimum atomic E-state index is -1.03. The number of carbonyl (C=O) groups is 5. The van der Waals surface area contributed by atoms with Crippen molar-refractivity contribution in [2.45, 2.75) is 90.4 Å². The lowest BCUT2D eigenvalue weighted by Crippen LogP contribution is -2.60. The highest BCUT2D eigenvalue weighted by Gasteiger charge is 2.52. The number of carbonyl (C=O) groups excluding carboxylic acids is 5. The van der Waals surface area contributed by atoms with Gasteiger partial charge in [0.05, 0.1) is 12.7 Å². The number of esters is 1. The Kier molecular flexibility index (Phi) is 8.16. The van der Waals surface area contributed by atoms with Crippen LogP contribution in [0.1, 0.15) is 66.2 Å². The zero-order valence-corrected chi connectivity index (χ0v) is 23.6. The third-order valence-electron chi connectivity index (χ3n) is 8.99. The number of cyclic esters (lactones) is 1. The number of rotatable bonds is 3. The molecule has 1 unspecified atom stereocenters. The number of amides is 4. The number of hydrogen-bond donors (Lipinski definition) is 3. The fraction of sp³-hybridized carbons (Fsp3) is 0.724. The number of fused-ring (bicyclic) bond motifs is 3. The van der Waals surface area contributed by atoms with E-state index in [1.54, 1.807) is 0 Å². The van der Waals surface area contributed by atoms with E-state index >= 15 is 0 Å². The smallest absolute Gasteiger partial charge is 0.328 e. The summed E-state index contributed by atoms with van der Waals surface area (Å²) >= 11 is 0. The molecule has 0 radical (unpaired) electrons. The average Bonchev–Trinajstić information content (AvgIpc) is 3.55. The van der Waals surface area contributed by atoms with Gasteiger partial charge in [-0.3, -0.25) is 19.2 Å². The van der Waals surface area contributed by atoms with Gasteiger partial charge in [0.2, 0.25) is 23.6 Å². The summed E-state index contributed by atoms with van der Waals surface area (Å²) < 4.78 is 5.49. The summed E-state index contributed by atoms with van der Waals surface area (Å²) in [5.74, 6) is -0.599. The number of terminal acetylenes is 1.